The lowest BCUT2D eigenvalue weighted by Gasteiger charge is -2.06. The lowest BCUT2D eigenvalue weighted by molar-refractivity contribution is 0.101. The Balaban J connectivity index is 2.20. The standard InChI is InChI=1S/C14H10F2O2/c1-9(17)10-2-4-13(5-3-10)18-14-7-11(15)6-12(16)8-14/h2-8H,1H3. The van der Waals surface area contributed by atoms with Gasteiger partial charge in [0.25, 0.3) is 0 Å². The molecule has 2 nitrogen and oxygen atoms in total. The van der Waals surface area contributed by atoms with Crippen LogP contribution in [0.4, 0.5) is 8.78 Å². The summed E-state index contributed by atoms with van der Waals surface area (Å²) in [5, 5.41) is 0. The van der Waals surface area contributed by atoms with E-state index < -0.39 is 11.6 Å². The Morgan fingerprint density at radius 2 is 1.50 bits per heavy atom. The molecular formula is C14H10F2O2. The Labute approximate surface area is 103 Å². The largest absolute Gasteiger partial charge is 0.457 e. The molecule has 0 bridgehead atoms. The van der Waals surface area contributed by atoms with Crippen molar-refractivity contribution in [3.63, 3.8) is 0 Å². The molecule has 0 heterocycles. The Morgan fingerprint density at radius 3 is 2.00 bits per heavy atom. The molecule has 0 aromatic heterocycles. The number of rotatable bonds is 3. The maximum Gasteiger partial charge on any atom is 0.159 e. The van der Waals surface area contributed by atoms with E-state index in [1.165, 1.54) is 6.92 Å². The van der Waals surface area contributed by atoms with E-state index in [2.05, 4.69) is 0 Å². The third-order valence-corrected chi connectivity index (χ3v) is 2.33. The van der Waals surface area contributed by atoms with Gasteiger partial charge in [0, 0.05) is 23.8 Å². The van der Waals surface area contributed by atoms with Gasteiger partial charge >= 0.3 is 0 Å². The van der Waals surface area contributed by atoms with Crippen molar-refractivity contribution in [2.75, 3.05) is 0 Å². The monoisotopic (exact) mass is 248 g/mol. The summed E-state index contributed by atoms with van der Waals surface area (Å²) in [6.45, 7) is 1.46. The van der Waals surface area contributed by atoms with Gasteiger partial charge in [-0.1, -0.05) is 0 Å². The van der Waals surface area contributed by atoms with Crippen molar-refractivity contribution in [1.82, 2.24) is 0 Å². The SMILES string of the molecule is CC(=O)c1ccc(Oc2cc(F)cc(F)c2)cc1. The smallest absolute Gasteiger partial charge is 0.159 e. The molecular weight excluding hydrogens is 238 g/mol. The van der Waals surface area contributed by atoms with Crippen LogP contribution in [-0.4, -0.2) is 5.78 Å². The number of halogens is 2. The predicted molar refractivity (Wildman–Crippen MR) is 62.9 cm³/mol. The number of carbonyl (C=O) groups excluding carboxylic acids is 1. The minimum atomic E-state index is -0.703. The first-order valence-electron chi connectivity index (χ1n) is 5.29. The zero-order valence-corrected chi connectivity index (χ0v) is 9.61. The summed E-state index contributed by atoms with van der Waals surface area (Å²) in [5.41, 5.74) is 0.549. The number of hydrogen-bond donors (Lipinski definition) is 0. The van der Waals surface area contributed by atoms with Crippen molar-refractivity contribution in [3.05, 3.63) is 59.7 Å². The molecule has 4 heteroatoms. The van der Waals surface area contributed by atoms with E-state index in [1.54, 1.807) is 24.3 Å². The molecule has 0 atom stereocenters. The Morgan fingerprint density at radius 1 is 0.944 bits per heavy atom. The molecule has 0 saturated carbocycles. The van der Waals surface area contributed by atoms with Crippen LogP contribution in [0.1, 0.15) is 17.3 Å². The molecule has 2 rings (SSSR count). The molecule has 0 radical (unpaired) electrons. The van der Waals surface area contributed by atoms with Crippen LogP contribution in [-0.2, 0) is 0 Å². The fraction of sp³-hybridized carbons (Fsp3) is 0.0714. The third kappa shape index (κ3) is 2.91. The van der Waals surface area contributed by atoms with Gasteiger partial charge in [0.15, 0.2) is 5.78 Å². The second-order valence-corrected chi connectivity index (χ2v) is 3.79. The van der Waals surface area contributed by atoms with Gasteiger partial charge in [-0.3, -0.25) is 4.79 Å². The minimum Gasteiger partial charge on any atom is -0.457 e. The van der Waals surface area contributed by atoms with E-state index in [0.29, 0.717) is 11.3 Å². The highest BCUT2D eigenvalue weighted by Crippen LogP contribution is 2.23. The summed E-state index contributed by atoms with van der Waals surface area (Å²) in [4.78, 5) is 11.1. The number of Topliss-reactive ketones (excluding diaryl/α,β-unsaturated/α-hetero) is 1. The van der Waals surface area contributed by atoms with Gasteiger partial charge in [0.2, 0.25) is 0 Å². The fourth-order valence-corrected chi connectivity index (χ4v) is 1.48. The van der Waals surface area contributed by atoms with Crippen molar-refractivity contribution in [2.45, 2.75) is 6.92 Å². The number of ketones is 1. The average Bonchev–Trinajstić information content (AvgIpc) is 2.28. The molecule has 0 aliphatic rings. The zero-order valence-electron chi connectivity index (χ0n) is 9.61. The predicted octanol–water partition coefficient (Wildman–Crippen LogP) is 3.96. The van der Waals surface area contributed by atoms with Crippen LogP contribution in [0.3, 0.4) is 0 Å². The van der Waals surface area contributed by atoms with E-state index in [4.69, 9.17) is 4.74 Å². The maximum atomic E-state index is 12.9. The molecule has 0 unspecified atom stereocenters. The molecule has 18 heavy (non-hydrogen) atoms. The highest BCUT2D eigenvalue weighted by molar-refractivity contribution is 5.94. The quantitative estimate of drug-likeness (QED) is 0.768. The fourth-order valence-electron chi connectivity index (χ4n) is 1.48. The Kier molecular flexibility index (Phi) is 3.37. The maximum absolute atomic E-state index is 12.9. The molecule has 0 amide bonds. The molecule has 0 saturated heterocycles. The van der Waals surface area contributed by atoms with Crippen molar-refractivity contribution in [1.29, 1.82) is 0 Å². The van der Waals surface area contributed by atoms with E-state index in [-0.39, 0.29) is 11.5 Å². The van der Waals surface area contributed by atoms with Gasteiger partial charge in [-0.25, -0.2) is 8.78 Å². The summed E-state index contributed by atoms with van der Waals surface area (Å²) < 4.78 is 31.2. The van der Waals surface area contributed by atoms with E-state index >= 15 is 0 Å². The van der Waals surface area contributed by atoms with Gasteiger partial charge in [-0.2, -0.15) is 0 Å². The highest BCUT2D eigenvalue weighted by atomic mass is 19.1. The molecule has 92 valence electrons. The molecule has 0 aliphatic carbocycles. The van der Waals surface area contributed by atoms with Crippen LogP contribution < -0.4 is 4.74 Å². The van der Waals surface area contributed by atoms with Gasteiger partial charge in [-0.15, -0.1) is 0 Å². The van der Waals surface area contributed by atoms with E-state index in [0.717, 1.165) is 18.2 Å². The summed E-state index contributed by atoms with van der Waals surface area (Å²) in [6, 6.07) is 9.26. The van der Waals surface area contributed by atoms with Crippen LogP contribution in [0, 0.1) is 11.6 Å². The summed E-state index contributed by atoms with van der Waals surface area (Å²) in [7, 11) is 0. The van der Waals surface area contributed by atoms with Crippen LogP contribution in [0.25, 0.3) is 0 Å². The third-order valence-electron chi connectivity index (χ3n) is 2.33. The molecule has 0 fully saturated rings. The molecule has 0 spiro atoms. The van der Waals surface area contributed by atoms with Crippen LogP contribution in [0.5, 0.6) is 11.5 Å². The highest BCUT2D eigenvalue weighted by Gasteiger charge is 2.04. The topological polar surface area (TPSA) is 26.3 Å². The lowest BCUT2D eigenvalue weighted by atomic mass is 10.1. The average molecular weight is 248 g/mol. The summed E-state index contributed by atoms with van der Waals surface area (Å²) in [6.07, 6.45) is 0. The van der Waals surface area contributed by atoms with Crippen molar-refractivity contribution < 1.29 is 18.3 Å². The second kappa shape index (κ2) is 4.96. The first kappa shape index (κ1) is 12.2. The van der Waals surface area contributed by atoms with Crippen molar-refractivity contribution in [3.8, 4) is 11.5 Å². The number of benzene rings is 2. The first-order valence-corrected chi connectivity index (χ1v) is 5.29. The van der Waals surface area contributed by atoms with Gasteiger partial charge < -0.3 is 4.74 Å². The summed E-state index contributed by atoms with van der Waals surface area (Å²) in [5.74, 6) is -0.984. The molecule has 0 N–H and O–H groups in total. The number of carbonyl (C=O) groups is 1. The molecule has 0 aliphatic heterocycles. The first-order chi connectivity index (χ1) is 8.54. The van der Waals surface area contributed by atoms with Crippen molar-refractivity contribution >= 4 is 5.78 Å². The van der Waals surface area contributed by atoms with Gasteiger partial charge in [0.1, 0.15) is 23.1 Å². The zero-order chi connectivity index (χ0) is 13.1. The van der Waals surface area contributed by atoms with Crippen LogP contribution in [0.2, 0.25) is 0 Å². The summed E-state index contributed by atoms with van der Waals surface area (Å²) >= 11 is 0. The Hall–Kier alpha value is -2.23. The molecule has 2 aromatic carbocycles. The minimum absolute atomic E-state index is 0.0571. The van der Waals surface area contributed by atoms with Gasteiger partial charge in [-0.05, 0) is 31.2 Å². The van der Waals surface area contributed by atoms with Crippen LogP contribution in [0.15, 0.2) is 42.5 Å². The van der Waals surface area contributed by atoms with E-state index in [9.17, 15) is 13.6 Å². The van der Waals surface area contributed by atoms with Gasteiger partial charge in [0.05, 0.1) is 0 Å². The Bertz CT molecular complexity index is 557. The van der Waals surface area contributed by atoms with E-state index in [1.807, 2.05) is 0 Å². The van der Waals surface area contributed by atoms with Crippen LogP contribution >= 0.6 is 0 Å². The van der Waals surface area contributed by atoms with Crippen molar-refractivity contribution in [2.24, 2.45) is 0 Å². The normalized spacial score (nSPS) is 10.2. The number of hydrogen-bond acceptors (Lipinski definition) is 2. The molecule has 2 aromatic rings. The second-order valence-electron chi connectivity index (χ2n) is 3.79. The lowest BCUT2D eigenvalue weighted by Crippen LogP contribution is -1.92. The number of ether oxygens (including phenoxy) is 1.